The van der Waals surface area contributed by atoms with Gasteiger partial charge in [-0.05, 0) is 57.2 Å². The Morgan fingerprint density at radius 1 is 1.25 bits per heavy atom. The van der Waals surface area contributed by atoms with E-state index in [1.165, 1.54) is 45.3 Å². The molecule has 0 bridgehead atoms. The Balaban J connectivity index is 1.90. The first-order chi connectivity index (χ1) is 9.45. The molecule has 0 aromatic heterocycles. The third kappa shape index (κ3) is 4.19. The highest BCUT2D eigenvalue weighted by Crippen LogP contribution is 2.36. The van der Waals surface area contributed by atoms with Gasteiger partial charge in [0.15, 0.2) is 0 Å². The van der Waals surface area contributed by atoms with E-state index >= 15 is 0 Å². The third-order valence-electron chi connectivity index (χ3n) is 5.34. The van der Waals surface area contributed by atoms with Crippen LogP contribution in [0.25, 0.3) is 0 Å². The van der Waals surface area contributed by atoms with Crippen molar-refractivity contribution in [3.8, 4) is 0 Å². The lowest BCUT2D eigenvalue weighted by atomic mass is 9.77. The van der Waals surface area contributed by atoms with Gasteiger partial charge in [-0.1, -0.05) is 20.8 Å². The van der Waals surface area contributed by atoms with Crippen LogP contribution >= 0.6 is 0 Å². The van der Waals surface area contributed by atoms with E-state index in [2.05, 4.69) is 38.0 Å². The lowest BCUT2D eigenvalue weighted by Gasteiger charge is -2.34. The number of likely N-dealkylation sites (tertiary alicyclic amines) is 1. The van der Waals surface area contributed by atoms with Crippen LogP contribution in [0.15, 0.2) is 0 Å². The summed E-state index contributed by atoms with van der Waals surface area (Å²) in [7, 11) is 2.07. The highest BCUT2D eigenvalue weighted by molar-refractivity contribution is 4.89. The van der Waals surface area contributed by atoms with Crippen LogP contribution in [0.2, 0.25) is 0 Å². The van der Waals surface area contributed by atoms with Gasteiger partial charge in [-0.3, -0.25) is 0 Å². The zero-order valence-electron chi connectivity index (χ0n) is 14.0. The van der Waals surface area contributed by atoms with Gasteiger partial charge in [-0.2, -0.15) is 0 Å². The average Bonchev–Trinajstić information content (AvgIpc) is 2.67. The van der Waals surface area contributed by atoms with Gasteiger partial charge in [0, 0.05) is 25.1 Å². The second-order valence-electron chi connectivity index (χ2n) is 8.10. The highest BCUT2D eigenvalue weighted by atomic mass is 16.5. The third-order valence-corrected chi connectivity index (χ3v) is 5.34. The summed E-state index contributed by atoms with van der Waals surface area (Å²) in [6.07, 6.45) is 5.33. The minimum Gasteiger partial charge on any atom is -0.381 e. The number of hydrogen-bond donors (Lipinski definition) is 1. The normalized spacial score (nSPS) is 33.3. The van der Waals surface area contributed by atoms with Crippen molar-refractivity contribution in [2.24, 2.45) is 16.7 Å². The van der Waals surface area contributed by atoms with Gasteiger partial charge in [0.25, 0.3) is 0 Å². The van der Waals surface area contributed by atoms with E-state index in [1.54, 1.807) is 0 Å². The van der Waals surface area contributed by atoms with Crippen LogP contribution in [0.5, 0.6) is 0 Å². The molecule has 0 saturated carbocycles. The van der Waals surface area contributed by atoms with E-state index < -0.39 is 0 Å². The van der Waals surface area contributed by atoms with E-state index in [-0.39, 0.29) is 0 Å². The topological polar surface area (TPSA) is 24.5 Å². The van der Waals surface area contributed by atoms with Gasteiger partial charge in [0.2, 0.25) is 0 Å². The predicted molar refractivity (Wildman–Crippen MR) is 85.0 cm³/mol. The first kappa shape index (κ1) is 16.3. The molecule has 20 heavy (non-hydrogen) atoms. The van der Waals surface area contributed by atoms with Gasteiger partial charge in [-0.15, -0.1) is 0 Å². The van der Waals surface area contributed by atoms with Crippen molar-refractivity contribution in [1.82, 2.24) is 10.2 Å². The molecule has 0 amide bonds. The number of nitrogens with zero attached hydrogens (tertiary/aromatic N) is 1. The number of nitrogens with one attached hydrogen (secondary N) is 1. The molecule has 1 N–H and O–H groups in total. The second kappa shape index (κ2) is 6.76. The lowest BCUT2D eigenvalue weighted by Crippen LogP contribution is -2.44. The Labute approximate surface area is 125 Å². The van der Waals surface area contributed by atoms with Crippen LogP contribution < -0.4 is 5.32 Å². The SMILES string of the molecule is CNCC1(CN2CCCC(C(C)(C)C)CC2)CCOC1. The predicted octanol–water partition coefficient (Wildman–Crippen LogP) is 2.76. The molecule has 2 rings (SSSR count). The van der Waals surface area contributed by atoms with Crippen molar-refractivity contribution >= 4 is 0 Å². The molecule has 0 aromatic carbocycles. The summed E-state index contributed by atoms with van der Waals surface area (Å²) < 4.78 is 5.69. The molecule has 2 heterocycles. The molecule has 2 aliphatic heterocycles. The fraction of sp³-hybridized carbons (Fsp3) is 1.00. The first-order valence-electron chi connectivity index (χ1n) is 8.40. The Morgan fingerprint density at radius 2 is 2.05 bits per heavy atom. The smallest absolute Gasteiger partial charge is 0.0547 e. The summed E-state index contributed by atoms with van der Waals surface area (Å²) in [5.41, 5.74) is 0.825. The fourth-order valence-electron chi connectivity index (χ4n) is 4.00. The average molecular weight is 282 g/mol. The minimum absolute atomic E-state index is 0.357. The Kier molecular flexibility index (Phi) is 5.49. The van der Waals surface area contributed by atoms with Gasteiger partial charge in [0.1, 0.15) is 0 Å². The van der Waals surface area contributed by atoms with Crippen molar-refractivity contribution in [2.75, 3.05) is 46.4 Å². The molecule has 2 fully saturated rings. The second-order valence-corrected chi connectivity index (χ2v) is 8.10. The minimum atomic E-state index is 0.357. The Morgan fingerprint density at radius 3 is 2.65 bits per heavy atom. The first-order valence-corrected chi connectivity index (χ1v) is 8.40. The summed E-state index contributed by atoms with van der Waals surface area (Å²) in [5.74, 6) is 0.882. The van der Waals surface area contributed by atoms with Crippen LogP contribution in [-0.2, 0) is 4.74 Å². The molecule has 3 heteroatoms. The van der Waals surface area contributed by atoms with Crippen LogP contribution in [0.1, 0.15) is 46.5 Å². The molecule has 2 unspecified atom stereocenters. The summed E-state index contributed by atoms with van der Waals surface area (Å²) >= 11 is 0. The highest BCUT2D eigenvalue weighted by Gasteiger charge is 2.37. The maximum atomic E-state index is 5.69. The van der Waals surface area contributed by atoms with Gasteiger partial charge < -0.3 is 15.0 Å². The summed E-state index contributed by atoms with van der Waals surface area (Å²) in [5, 5.41) is 3.38. The van der Waals surface area contributed by atoms with Crippen LogP contribution in [-0.4, -0.2) is 51.3 Å². The summed E-state index contributed by atoms with van der Waals surface area (Å²) in [6, 6.07) is 0. The zero-order chi connectivity index (χ0) is 14.6. The lowest BCUT2D eigenvalue weighted by molar-refractivity contribution is 0.109. The molecule has 3 nitrogen and oxygen atoms in total. The number of rotatable bonds is 4. The van der Waals surface area contributed by atoms with Crippen molar-refractivity contribution in [3.63, 3.8) is 0 Å². The molecule has 118 valence electrons. The molecular weight excluding hydrogens is 248 g/mol. The quantitative estimate of drug-likeness (QED) is 0.858. The van der Waals surface area contributed by atoms with Crippen molar-refractivity contribution in [3.05, 3.63) is 0 Å². The van der Waals surface area contributed by atoms with Crippen molar-refractivity contribution in [2.45, 2.75) is 46.5 Å². The van der Waals surface area contributed by atoms with E-state index in [0.717, 1.165) is 25.7 Å². The molecule has 2 atom stereocenters. The summed E-state index contributed by atoms with van der Waals surface area (Å²) in [4.78, 5) is 2.71. The number of ether oxygens (including phenoxy) is 1. The Bertz CT molecular complexity index is 292. The largest absolute Gasteiger partial charge is 0.381 e. The molecular formula is C17H34N2O. The van der Waals surface area contributed by atoms with E-state index in [4.69, 9.17) is 4.74 Å². The number of hydrogen-bond acceptors (Lipinski definition) is 3. The summed E-state index contributed by atoms with van der Waals surface area (Å²) in [6.45, 7) is 13.9. The molecule has 0 aliphatic carbocycles. The van der Waals surface area contributed by atoms with E-state index in [9.17, 15) is 0 Å². The van der Waals surface area contributed by atoms with Gasteiger partial charge in [-0.25, -0.2) is 0 Å². The van der Waals surface area contributed by atoms with Gasteiger partial charge >= 0.3 is 0 Å². The molecule has 2 aliphatic rings. The zero-order valence-corrected chi connectivity index (χ0v) is 14.0. The van der Waals surface area contributed by atoms with E-state index in [1.807, 2.05) is 0 Å². The maximum Gasteiger partial charge on any atom is 0.0547 e. The van der Waals surface area contributed by atoms with Crippen LogP contribution in [0.3, 0.4) is 0 Å². The fourth-order valence-corrected chi connectivity index (χ4v) is 4.00. The van der Waals surface area contributed by atoms with Crippen molar-refractivity contribution < 1.29 is 4.74 Å². The van der Waals surface area contributed by atoms with Gasteiger partial charge in [0.05, 0.1) is 6.61 Å². The molecule has 0 spiro atoms. The standard InChI is InChI=1S/C17H34N2O/c1-16(2,3)15-6-5-9-19(10-7-15)13-17(12-18-4)8-11-20-14-17/h15,18H,5-14H2,1-4H3. The molecule has 0 aromatic rings. The van der Waals surface area contributed by atoms with Crippen LogP contribution in [0, 0.1) is 16.7 Å². The van der Waals surface area contributed by atoms with Crippen LogP contribution in [0.4, 0.5) is 0 Å². The molecule has 2 saturated heterocycles. The maximum absolute atomic E-state index is 5.69. The Hall–Kier alpha value is -0.120. The van der Waals surface area contributed by atoms with Crippen molar-refractivity contribution in [1.29, 1.82) is 0 Å². The molecule has 0 radical (unpaired) electrons. The van der Waals surface area contributed by atoms with E-state index in [0.29, 0.717) is 10.8 Å². The monoisotopic (exact) mass is 282 g/mol.